The fourth-order valence-corrected chi connectivity index (χ4v) is 7.60. The molecule has 10 rings (SSSR count). The summed E-state index contributed by atoms with van der Waals surface area (Å²) in [6, 6.07) is 69.3. The maximum atomic E-state index is 5.20. The van der Waals surface area contributed by atoms with Crippen LogP contribution in [0.15, 0.2) is 194 Å². The van der Waals surface area contributed by atoms with Gasteiger partial charge in [-0.3, -0.25) is 0 Å². The number of hydrogen-bond acceptors (Lipinski definition) is 2. The van der Waals surface area contributed by atoms with Gasteiger partial charge in [0.1, 0.15) is 0 Å². The molecular formula is C50H32N2. The van der Waals surface area contributed by atoms with Gasteiger partial charge in [-0.05, 0) is 83.5 Å². The number of fused-ring (bicyclic) bond motifs is 5. The predicted octanol–water partition coefficient (Wildman–Crippen LogP) is 13.4. The third-order valence-electron chi connectivity index (χ3n) is 10.3. The molecule has 0 amide bonds. The molecule has 0 fully saturated rings. The summed E-state index contributed by atoms with van der Waals surface area (Å²) in [6.45, 7) is 0. The van der Waals surface area contributed by atoms with Crippen LogP contribution in [0.25, 0.3) is 99.2 Å². The highest BCUT2D eigenvalue weighted by Crippen LogP contribution is 2.40. The smallest absolute Gasteiger partial charge is 0.160 e. The Hall–Kier alpha value is -6.90. The molecule has 0 N–H and O–H groups in total. The maximum Gasteiger partial charge on any atom is 0.160 e. The van der Waals surface area contributed by atoms with Gasteiger partial charge in [0, 0.05) is 16.7 Å². The molecule has 1 aromatic heterocycles. The molecule has 2 nitrogen and oxygen atoms in total. The lowest BCUT2D eigenvalue weighted by Crippen LogP contribution is -1.96. The number of rotatable bonds is 5. The third-order valence-corrected chi connectivity index (χ3v) is 10.3. The predicted molar refractivity (Wildman–Crippen MR) is 219 cm³/mol. The van der Waals surface area contributed by atoms with Gasteiger partial charge in [0.25, 0.3) is 0 Å². The largest absolute Gasteiger partial charge is 0.228 e. The van der Waals surface area contributed by atoms with Gasteiger partial charge in [-0.1, -0.05) is 176 Å². The molecule has 52 heavy (non-hydrogen) atoms. The van der Waals surface area contributed by atoms with E-state index in [1.807, 2.05) is 6.07 Å². The zero-order chi connectivity index (χ0) is 34.4. The Morgan fingerprint density at radius 1 is 0.250 bits per heavy atom. The van der Waals surface area contributed by atoms with Crippen LogP contribution in [0, 0.1) is 0 Å². The normalized spacial score (nSPS) is 11.5. The van der Waals surface area contributed by atoms with Crippen LogP contribution in [-0.2, 0) is 0 Å². The van der Waals surface area contributed by atoms with E-state index in [1.165, 1.54) is 65.3 Å². The average Bonchev–Trinajstić information content (AvgIpc) is 3.23. The first kappa shape index (κ1) is 30.0. The molecule has 1 heterocycles. The highest BCUT2D eigenvalue weighted by Gasteiger charge is 2.15. The second-order valence-corrected chi connectivity index (χ2v) is 13.4. The second-order valence-electron chi connectivity index (χ2n) is 13.4. The SMILES string of the molecule is c1ccc(-c2ccc(-c3cc(-c4ccc5ccccc5c4)nc(-c4ccc(-c5c6ccccc6cc6c5ccc5ccccc56)cc4)n3)cc2)cc1. The van der Waals surface area contributed by atoms with Gasteiger partial charge in [-0.25, -0.2) is 9.97 Å². The van der Waals surface area contributed by atoms with Crippen molar-refractivity contribution in [3.8, 4) is 56.2 Å². The van der Waals surface area contributed by atoms with E-state index in [0.717, 1.165) is 28.1 Å². The van der Waals surface area contributed by atoms with E-state index in [4.69, 9.17) is 9.97 Å². The summed E-state index contributed by atoms with van der Waals surface area (Å²) in [7, 11) is 0. The zero-order valence-corrected chi connectivity index (χ0v) is 28.4. The highest BCUT2D eigenvalue weighted by molar-refractivity contribution is 6.20. The van der Waals surface area contributed by atoms with E-state index in [-0.39, 0.29) is 0 Å². The summed E-state index contributed by atoms with van der Waals surface area (Å²) in [4.78, 5) is 10.4. The fourth-order valence-electron chi connectivity index (χ4n) is 7.60. The Morgan fingerprint density at radius 2 is 0.788 bits per heavy atom. The van der Waals surface area contributed by atoms with Crippen molar-refractivity contribution in [2.24, 2.45) is 0 Å². The second kappa shape index (κ2) is 12.5. The lowest BCUT2D eigenvalue weighted by atomic mass is 9.89. The van der Waals surface area contributed by atoms with Crippen LogP contribution in [0.2, 0.25) is 0 Å². The van der Waals surface area contributed by atoms with Gasteiger partial charge in [0.2, 0.25) is 0 Å². The molecule has 9 aromatic carbocycles. The van der Waals surface area contributed by atoms with Crippen molar-refractivity contribution in [1.82, 2.24) is 9.97 Å². The summed E-state index contributed by atoms with van der Waals surface area (Å²) in [5.74, 6) is 0.702. The van der Waals surface area contributed by atoms with Crippen LogP contribution in [0.4, 0.5) is 0 Å². The van der Waals surface area contributed by atoms with Gasteiger partial charge in [0.05, 0.1) is 11.4 Å². The van der Waals surface area contributed by atoms with Gasteiger partial charge in [-0.2, -0.15) is 0 Å². The van der Waals surface area contributed by atoms with Crippen LogP contribution in [-0.4, -0.2) is 9.97 Å². The Balaban J connectivity index is 1.11. The molecule has 0 aliphatic heterocycles. The van der Waals surface area contributed by atoms with Crippen molar-refractivity contribution in [2.75, 3.05) is 0 Å². The van der Waals surface area contributed by atoms with E-state index < -0.39 is 0 Å². The van der Waals surface area contributed by atoms with Gasteiger partial charge < -0.3 is 0 Å². The summed E-state index contributed by atoms with van der Waals surface area (Å²) >= 11 is 0. The van der Waals surface area contributed by atoms with Crippen LogP contribution >= 0.6 is 0 Å². The first-order chi connectivity index (χ1) is 25.7. The molecule has 242 valence electrons. The van der Waals surface area contributed by atoms with E-state index in [0.29, 0.717) is 5.82 Å². The van der Waals surface area contributed by atoms with Gasteiger partial charge in [0.15, 0.2) is 5.82 Å². The van der Waals surface area contributed by atoms with Crippen molar-refractivity contribution in [2.45, 2.75) is 0 Å². The van der Waals surface area contributed by atoms with Crippen LogP contribution < -0.4 is 0 Å². The number of hydrogen-bond donors (Lipinski definition) is 0. The third kappa shape index (κ3) is 5.30. The molecular weight excluding hydrogens is 629 g/mol. The Morgan fingerprint density at radius 3 is 1.58 bits per heavy atom. The van der Waals surface area contributed by atoms with Crippen molar-refractivity contribution in [3.63, 3.8) is 0 Å². The summed E-state index contributed by atoms with van der Waals surface area (Å²) in [5, 5.41) is 9.92. The van der Waals surface area contributed by atoms with Crippen molar-refractivity contribution in [3.05, 3.63) is 194 Å². The number of nitrogens with zero attached hydrogens (tertiary/aromatic N) is 2. The Bertz CT molecular complexity index is 2930. The first-order valence-corrected chi connectivity index (χ1v) is 17.7. The summed E-state index contributed by atoms with van der Waals surface area (Å²) < 4.78 is 0. The lowest BCUT2D eigenvalue weighted by molar-refractivity contribution is 1.18. The number of aromatic nitrogens is 2. The van der Waals surface area contributed by atoms with E-state index in [1.54, 1.807) is 0 Å². The Kier molecular flexibility index (Phi) is 7.18. The number of benzene rings is 9. The minimum absolute atomic E-state index is 0.702. The van der Waals surface area contributed by atoms with Crippen LogP contribution in [0.5, 0.6) is 0 Å². The molecule has 0 radical (unpaired) electrons. The highest BCUT2D eigenvalue weighted by atomic mass is 14.9. The molecule has 0 saturated carbocycles. The Labute approximate surface area is 302 Å². The minimum Gasteiger partial charge on any atom is -0.228 e. The monoisotopic (exact) mass is 660 g/mol. The molecule has 2 heteroatoms. The summed E-state index contributed by atoms with van der Waals surface area (Å²) in [6.07, 6.45) is 0. The lowest BCUT2D eigenvalue weighted by Gasteiger charge is -2.15. The van der Waals surface area contributed by atoms with Crippen molar-refractivity contribution in [1.29, 1.82) is 0 Å². The van der Waals surface area contributed by atoms with Gasteiger partial charge in [-0.15, -0.1) is 0 Å². The van der Waals surface area contributed by atoms with Crippen LogP contribution in [0.1, 0.15) is 0 Å². The molecule has 0 unspecified atom stereocenters. The minimum atomic E-state index is 0.702. The van der Waals surface area contributed by atoms with E-state index >= 15 is 0 Å². The topological polar surface area (TPSA) is 25.8 Å². The quantitative estimate of drug-likeness (QED) is 0.136. The molecule has 0 atom stereocenters. The average molecular weight is 661 g/mol. The zero-order valence-electron chi connectivity index (χ0n) is 28.4. The van der Waals surface area contributed by atoms with E-state index in [2.05, 4.69) is 188 Å². The molecule has 10 aromatic rings. The standard InChI is InChI=1S/C50H32N2/c1-2-10-33(11-3-1)35-18-21-37(22-19-35)47-32-48(42-27-20-34-12-4-5-14-40(34)30-42)52-50(51-47)39-25-23-38(24-26-39)49-44-17-9-7-15-41(44)31-46-43-16-8-6-13-36(43)28-29-45(46)49/h1-32H. The fraction of sp³-hybridized carbons (Fsp3) is 0. The molecule has 0 aliphatic carbocycles. The maximum absolute atomic E-state index is 5.20. The molecule has 0 saturated heterocycles. The summed E-state index contributed by atoms with van der Waals surface area (Å²) in [5.41, 5.74) is 9.67. The first-order valence-electron chi connectivity index (χ1n) is 17.7. The van der Waals surface area contributed by atoms with Crippen LogP contribution in [0.3, 0.4) is 0 Å². The van der Waals surface area contributed by atoms with Gasteiger partial charge >= 0.3 is 0 Å². The van der Waals surface area contributed by atoms with E-state index in [9.17, 15) is 0 Å². The molecule has 0 bridgehead atoms. The molecule has 0 spiro atoms. The van der Waals surface area contributed by atoms with Crippen molar-refractivity contribution < 1.29 is 0 Å². The van der Waals surface area contributed by atoms with Crippen molar-refractivity contribution >= 4 is 43.1 Å². The molecule has 0 aliphatic rings.